The molecule has 1 aliphatic rings. The van der Waals surface area contributed by atoms with Crippen LogP contribution in [0.2, 0.25) is 0 Å². The molecule has 0 saturated heterocycles. The van der Waals surface area contributed by atoms with Gasteiger partial charge in [-0.05, 0) is 60.6 Å². The van der Waals surface area contributed by atoms with Gasteiger partial charge >= 0.3 is 5.97 Å². The molecule has 148 valence electrons. The number of carbonyl (C=O) groups is 1. The van der Waals surface area contributed by atoms with E-state index in [-0.39, 0.29) is 11.2 Å². The lowest BCUT2D eigenvalue weighted by atomic mass is 9.85. The Labute approximate surface area is 172 Å². The van der Waals surface area contributed by atoms with Crippen molar-refractivity contribution in [1.29, 1.82) is 0 Å². The predicted octanol–water partition coefficient (Wildman–Crippen LogP) is 5.94. The molecule has 1 unspecified atom stereocenters. The van der Waals surface area contributed by atoms with Crippen molar-refractivity contribution in [3.63, 3.8) is 0 Å². The van der Waals surface area contributed by atoms with Crippen molar-refractivity contribution in [2.75, 3.05) is 0 Å². The standard InChI is InChI=1S/C26H26O3/c1-3-18-10-12-19(13-11-18)17-26(2)15-14-20-6-5-9-23(24(20)29-26)21-7-4-8-22(16-21)25(27)28/h4-13,16H,3,14-15,17H2,1-2H3,(H,27,28). The van der Waals surface area contributed by atoms with Gasteiger partial charge in [0, 0.05) is 12.0 Å². The molecule has 3 aromatic rings. The fourth-order valence-electron chi connectivity index (χ4n) is 4.09. The van der Waals surface area contributed by atoms with E-state index in [1.165, 1.54) is 16.7 Å². The Bertz CT molecular complexity index is 1040. The van der Waals surface area contributed by atoms with Crippen LogP contribution in [-0.2, 0) is 19.3 Å². The lowest BCUT2D eigenvalue weighted by Crippen LogP contribution is -2.38. The molecule has 1 N–H and O–H groups in total. The summed E-state index contributed by atoms with van der Waals surface area (Å²) in [5.41, 5.74) is 5.63. The van der Waals surface area contributed by atoms with Crippen LogP contribution in [-0.4, -0.2) is 16.7 Å². The third-order valence-corrected chi connectivity index (χ3v) is 5.80. The Balaban J connectivity index is 1.66. The summed E-state index contributed by atoms with van der Waals surface area (Å²) in [6, 6.07) is 22.0. The van der Waals surface area contributed by atoms with E-state index in [0.29, 0.717) is 0 Å². The molecular formula is C26H26O3. The first kappa shape index (κ1) is 19.3. The Morgan fingerprint density at radius 2 is 1.76 bits per heavy atom. The van der Waals surface area contributed by atoms with Gasteiger partial charge in [-0.2, -0.15) is 0 Å². The quantitative estimate of drug-likeness (QED) is 0.590. The minimum absolute atomic E-state index is 0.287. The summed E-state index contributed by atoms with van der Waals surface area (Å²) in [6.07, 6.45) is 3.79. The number of benzene rings is 3. The highest BCUT2D eigenvalue weighted by Crippen LogP contribution is 2.42. The largest absolute Gasteiger partial charge is 0.486 e. The average Bonchev–Trinajstić information content (AvgIpc) is 2.73. The topological polar surface area (TPSA) is 46.5 Å². The second-order valence-corrected chi connectivity index (χ2v) is 8.08. The molecule has 0 aromatic heterocycles. The first-order valence-electron chi connectivity index (χ1n) is 10.2. The maximum absolute atomic E-state index is 11.4. The summed E-state index contributed by atoms with van der Waals surface area (Å²) in [5, 5.41) is 9.35. The summed E-state index contributed by atoms with van der Waals surface area (Å²) in [7, 11) is 0. The number of ether oxygens (including phenoxy) is 1. The van der Waals surface area contributed by atoms with Crippen LogP contribution in [0.15, 0.2) is 66.7 Å². The summed E-state index contributed by atoms with van der Waals surface area (Å²) in [6.45, 7) is 4.34. The number of carboxylic acid groups (broad SMARTS) is 1. The number of para-hydroxylation sites is 1. The first-order valence-corrected chi connectivity index (χ1v) is 10.2. The van der Waals surface area contributed by atoms with Crippen molar-refractivity contribution in [2.45, 2.75) is 45.1 Å². The number of fused-ring (bicyclic) bond motifs is 1. The van der Waals surface area contributed by atoms with E-state index in [4.69, 9.17) is 4.74 Å². The highest BCUT2D eigenvalue weighted by Gasteiger charge is 2.33. The van der Waals surface area contributed by atoms with Crippen LogP contribution in [0.4, 0.5) is 0 Å². The lowest BCUT2D eigenvalue weighted by molar-refractivity contribution is 0.0660. The first-order chi connectivity index (χ1) is 14.0. The van der Waals surface area contributed by atoms with E-state index in [1.807, 2.05) is 18.2 Å². The van der Waals surface area contributed by atoms with Gasteiger partial charge in [-0.1, -0.05) is 61.5 Å². The molecule has 3 heteroatoms. The lowest BCUT2D eigenvalue weighted by Gasteiger charge is -2.37. The molecule has 29 heavy (non-hydrogen) atoms. The molecule has 0 aliphatic carbocycles. The minimum atomic E-state index is -0.919. The molecule has 1 atom stereocenters. The Morgan fingerprint density at radius 1 is 1.03 bits per heavy atom. The SMILES string of the molecule is CCc1ccc(CC2(C)CCc3cccc(-c4cccc(C(=O)O)c4)c3O2)cc1. The second kappa shape index (κ2) is 7.75. The van der Waals surface area contributed by atoms with Crippen LogP contribution >= 0.6 is 0 Å². The van der Waals surface area contributed by atoms with Crippen LogP contribution in [0.25, 0.3) is 11.1 Å². The molecule has 3 nitrogen and oxygen atoms in total. The van der Waals surface area contributed by atoms with Gasteiger partial charge in [0.1, 0.15) is 11.4 Å². The average molecular weight is 386 g/mol. The van der Waals surface area contributed by atoms with Crippen LogP contribution in [0, 0.1) is 0 Å². The number of hydrogen-bond acceptors (Lipinski definition) is 2. The van der Waals surface area contributed by atoms with Gasteiger partial charge in [0.05, 0.1) is 5.56 Å². The fraction of sp³-hybridized carbons (Fsp3) is 0.269. The Morgan fingerprint density at radius 3 is 2.48 bits per heavy atom. The molecule has 0 bridgehead atoms. The van der Waals surface area contributed by atoms with Gasteiger partial charge in [-0.15, -0.1) is 0 Å². The summed E-state index contributed by atoms with van der Waals surface area (Å²) >= 11 is 0. The number of carboxylic acids is 1. The smallest absolute Gasteiger partial charge is 0.335 e. The molecule has 0 fully saturated rings. The number of aryl methyl sites for hydroxylation is 2. The zero-order valence-corrected chi connectivity index (χ0v) is 16.9. The molecule has 0 radical (unpaired) electrons. The summed E-state index contributed by atoms with van der Waals surface area (Å²) in [5.74, 6) is -0.0353. The van der Waals surface area contributed by atoms with Crippen molar-refractivity contribution in [2.24, 2.45) is 0 Å². The van der Waals surface area contributed by atoms with Gasteiger partial charge in [-0.3, -0.25) is 0 Å². The van der Waals surface area contributed by atoms with E-state index in [0.717, 1.165) is 42.6 Å². The summed E-state index contributed by atoms with van der Waals surface area (Å²) < 4.78 is 6.62. The molecule has 1 heterocycles. The Kier molecular flexibility index (Phi) is 5.14. The van der Waals surface area contributed by atoms with Crippen molar-refractivity contribution >= 4 is 5.97 Å². The van der Waals surface area contributed by atoms with Gasteiger partial charge in [0.25, 0.3) is 0 Å². The van der Waals surface area contributed by atoms with Crippen molar-refractivity contribution in [1.82, 2.24) is 0 Å². The normalized spacial score (nSPS) is 18.0. The number of rotatable bonds is 5. The minimum Gasteiger partial charge on any atom is -0.486 e. The predicted molar refractivity (Wildman–Crippen MR) is 116 cm³/mol. The molecule has 0 saturated carbocycles. The monoisotopic (exact) mass is 386 g/mol. The summed E-state index contributed by atoms with van der Waals surface area (Å²) in [4.78, 5) is 11.4. The van der Waals surface area contributed by atoms with Crippen LogP contribution in [0.5, 0.6) is 5.75 Å². The molecular weight excluding hydrogens is 360 g/mol. The molecule has 4 rings (SSSR count). The molecule has 0 amide bonds. The maximum Gasteiger partial charge on any atom is 0.335 e. The fourth-order valence-corrected chi connectivity index (χ4v) is 4.09. The third-order valence-electron chi connectivity index (χ3n) is 5.80. The van der Waals surface area contributed by atoms with Crippen LogP contribution in [0.1, 0.15) is 47.3 Å². The van der Waals surface area contributed by atoms with Gasteiger partial charge in [0.15, 0.2) is 0 Å². The van der Waals surface area contributed by atoms with Crippen molar-refractivity contribution in [3.05, 3.63) is 89.0 Å². The van der Waals surface area contributed by atoms with Crippen LogP contribution in [0.3, 0.4) is 0 Å². The van der Waals surface area contributed by atoms with Crippen molar-refractivity contribution in [3.8, 4) is 16.9 Å². The van der Waals surface area contributed by atoms with Crippen molar-refractivity contribution < 1.29 is 14.6 Å². The van der Waals surface area contributed by atoms with Gasteiger partial charge in [0.2, 0.25) is 0 Å². The van der Waals surface area contributed by atoms with E-state index in [1.54, 1.807) is 18.2 Å². The van der Waals surface area contributed by atoms with Crippen LogP contribution < -0.4 is 4.74 Å². The zero-order valence-electron chi connectivity index (χ0n) is 16.9. The molecule has 1 aliphatic heterocycles. The highest BCUT2D eigenvalue weighted by molar-refractivity contribution is 5.90. The number of hydrogen-bond donors (Lipinski definition) is 1. The molecule has 0 spiro atoms. The molecule has 3 aromatic carbocycles. The Hall–Kier alpha value is -3.07. The second-order valence-electron chi connectivity index (χ2n) is 8.08. The van der Waals surface area contributed by atoms with E-state index in [9.17, 15) is 9.90 Å². The van der Waals surface area contributed by atoms with E-state index < -0.39 is 5.97 Å². The van der Waals surface area contributed by atoms with E-state index >= 15 is 0 Å². The number of aromatic carboxylic acids is 1. The van der Waals surface area contributed by atoms with Gasteiger partial charge < -0.3 is 9.84 Å². The zero-order chi connectivity index (χ0) is 20.4. The van der Waals surface area contributed by atoms with E-state index in [2.05, 4.69) is 44.2 Å². The maximum atomic E-state index is 11.4. The van der Waals surface area contributed by atoms with Gasteiger partial charge in [-0.25, -0.2) is 4.79 Å². The third kappa shape index (κ3) is 4.04. The highest BCUT2D eigenvalue weighted by atomic mass is 16.5.